The Labute approximate surface area is 139 Å². The van der Waals surface area contributed by atoms with E-state index in [0.29, 0.717) is 0 Å². The summed E-state index contributed by atoms with van der Waals surface area (Å²) in [6.45, 7) is 3.21. The van der Waals surface area contributed by atoms with Crippen LogP contribution in [0, 0.1) is 0 Å². The van der Waals surface area contributed by atoms with Crippen LogP contribution in [0.2, 0.25) is 0 Å². The van der Waals surface area contributed by atoms with Gasteiger partial charge in [-0.1, -0.05) is 39.0 Å². The molecule has 0 aliphatic rings. The number of unbranched alkanes of at least 4 members (excludes halogenated alkanes) is 12. The van der Waals surface area contributed by atoms with Gasteiger partial charge in [-0.25, -0.2) is 0 Å². The molecule has 0 amide bonds. The van der Waals surface area contributed by atoms with Crippen LogP contribution in [0.25, 0.3) is 0 Å². The summed E-state index contributed by atoms with van der Waals surface area (Å²) in [7, 11) is 0. The summed E-state index contributed by atoms with van der Waals surface area (Å²) in [5.41, 5.74) is 0. The van der Waals surface area contributed by atoms with Gasteiger partial charge in [0.15, 0.2) is 0 Å². The summed E-state index contributed by atoms with van der Waals surface area (Å²) in [4.78, 5) is 0. The summed E-state index contributed by atoms with van der Waals surface area (Å²) in [5.74, 6) is 0. The topological polar surface area (TPSA) is 9.23 Å². The van der Waals surface area contributed by atoms with Crippen LogP contribution < -0.4 is 0 Å². The van der Waals surface area contributed by atoms with Crippen molar-refractivity contribution >= 4 is 0 Å². The van der Waals surface area contributed by atoms with E-state index in [1.165, 1.54) is 89.9 Å². The van der Waals surface area contributed by atoms with Gasteiger partial charge in [0.2, 0.25) is 0 Å². The van der Waals surface area contributed by atoms with Crippen LogP contribution in [-0.2, 0) is 24.1 Å². The Hall–Kier alpha value is 0.414. The van der Waals surface area contributed by atoms with Crippen molar-refractivity contribution in [3.8, 4) is 0 Å². The average Bonchev–Trinajstić information content (AvgIpc) is 2.47. The summed E-state index contributed by atoms with van der Waals surface area (Å²) in [6, 6.07) is 0. The fraction of sp³-hybridized carbons (Fsp3) is 0.889. The van der Waals surface area contributed by atoms with E-state index in [-0.39, 0.29) is 0 Å². The monoisotopic (exact) mass is 315 g/mol. The maximum atomic E-state index is 5.05. The first-order valence-corrected chi connectivity index (χ1v) is 9.49. The zero-order valence-electron chi connectivity index (χ0n) is 13.7. The van der Waals surface area contributed by atoms with Crippen molar-refractivity contribution < 1.29 is 24.1 Å². The Kier molecular flexibility index (Phi) is 19.8. The molecule has 0 atom stereocenters. The van der Waals surface area contributed by atoms with Crippen LogP contribution in [0.15, 0.2) is 12.2 Å². The molecule has 0 rings (SSSR count). The molecule has 0 bridgehead atoms. The van der Waals surface area contributed by atoms with E-state index in [1.54, 1.807) is 20.8 Å². The van der Waals surface area contributed by atoms with Crippen molar-refractivity contribution in [1.29, 1.82) is 0 Å². The molecule has 0 aliphatic heterocycles. The Morgan fingerprint density at radius 3 is 1.60 bits per heavy atom. The fourth-order valence-electron chi connectivity index (χ4n) is 2.42. The van der Waals surface area contributed by atoms with E-state index in [4.69, 9.17) is 3.32 Å². The Balaban J connectivity index is 3.01. The maximum absolute atomic E-state index is 5.05. The van der Waals surface area contributed by atoms with Crippen LogP contribution >= 0.6 is 0 Å². The van der Waals surface area contributed by atoms with Gasteiger partial charge in [0.05, 0.1) is 0 Å². The summed E-state index contributed by atoms with van der Waals surface area (Å²) < 4.78 is 5.05. The molecule has 20 heavy (non-hydrogen) atoms. The number of rotatable bonds is 16. The van der Waals surface area contributed by atoms with E-state index in [9.17, 15) is 0 Å². The Morgan fingerprint density at radius 1 is 0.650 bits per heavy atom. The molecule has 0 fully saturated rings. The minimum atomic E-state index is 0.932. The molecule has 1 nitrogen and oxygen atoms in total. The van der Waals surface area contributed by atoms with Gasteiger partial charge in [0.25, 0.3) is 0 Å². The summed E-state index contributed by atoms with van der Waals surface area (Å²) >= 11 is 1.79. The van der Waals surface area contributed by atoms with Gasteiger partial charge in [-0.05, 0) is 6.42 Å². The number of allylic oxidation sites excluding steroid dienone is 2. The Morgan fingerprint density at radius 2 is 1.10 bits per heavy atom. The van der Waals surface area contributed by atoms with E-state index >= 15 is 0 Å². The first-order valence-electron chi connectivity index (χ1n) is 8.85. The van der Waals surface area contributed by atoms with Gasteiger partial charge in [-0.2, -0.15) is 0 Å². The summed E-state index contributed by atoms with van der Waals surface area (Å²) in [6.07, 6.45) is 23.9. The van der Waals surface area contributed by atoms with Gasteiger partial charge < -0.3 is 0 Å². The third kappa shape index (κ3) is 18.4. The van der Waals surface area contributed by atoms with Crippen LogP contribution in [-0.4, -0.2) is 6.61 Å². The molecule has 0 saturated heterocycles. The van der Waals surface area contributed by atoms with Crippen molar-refractivity contribution in [3.63, 3.8) is 0 Å². The van der Waals surface area contributed by atoms with Crippen molar-refractivity contribution in [1.82, 2.24) is 0 Å². The van der Waals surface area contributed by atoms with Gasteiger partial charge in [-0.3, -0.25) is 0 Å². The third-order valence-electron chi connectivity index (χ3n) is 3.76. The molecule has 0 aromatic rings. The quantitative estimate of drug-likeness (QED) is 0.179. The van der Waals surface area contributed by atoms with Crippen molar-refractivity contribution in [3.05, 3.63) is 12.2 Å². The zero-order valence-corrected chi connectivity index (χ0v) is 15.2. The Bertz CT molecular complexity index is 192. The summed E-state index contributed by atoms with van der Waals surface area (Å²) in [5, 5.41) is 0. The predicted molar refractivity (Wildman–Crippen MR) is 85.4 cm³/mol. The standard InChI is InChI=1S/C18H35O.Ti/c1-2-3-4-5-6-7-8-9-10-11-12-13-14-15-16-17-18-19;/h9-10H,2-8,11-18H2,1H3;/q-1;+1/b10-9-;. The van der Waals surface area contributed by atoms with Gasteiger partial charge in [0, 0.05) is 0 Å². The molecule has 2 heteroatoms. The van der Waals surface area contributed by atoms with E-state index in [0.717, 1.165) is 6.61 Å². The normalized spacial score (nSPS) is 11.4. The second-order valence-corrected chi connectivity index (χ2v) is 6.24. The van der Waals surface area contributed by atoms with Crippen molar-refractivity contribution in [2.45, 2.75) is 96.8 Å². The SMILES string of the molecule is CCCCCCCC/C=C\CCCCCCCC[O][Ti]. The third-order valence-corrected chi connectivity index (χ3v) is 4.08. The minimum absolute atomic E-state index is 0.932. The number of hydrogen-bond acceptors (Lipinski definition) is 1. The molecule has 0 aromatic carbocycles. The molecule has 0 unspecified atom stereocenters. The zero-order chi connectivity index (χ0) is 14.7. The molecule has 0 aromatic heterocycles. The molecule has 0 saturated carbocycles. The van der Waals surface area contributed by atoms with Gasteiger partial charge in [0.1, 0.15) is 0 Å². The fourth-order valence-corrected chi connectivity index (χ4v) is 2.65. The first-order chi connectivity index (χ1) is 9.91. The van der Waals surface area contributed by atoms with Gasteiger partial charge >= 0.3 is 94.3 Å². The van der Waals surface area contributed by atoms with Crippen LogP contribution in [0.5, 0.6) is 0 Å². The second kappa shape index (κ2) is 19.4. The van der Waals surface area contributed by atoms with Crippen LogP contribution in [0.3, 0.4) is 0 Å². The number of hydrogen-bond donors (Lipinski definition) is 0. The van der Waals surface area contributed by atoms with E-state index in [2.05, 4.69) is 19.1 Å². The van der Waals surface area contributed by atoms with E-state index in [1.807, 2.05) is 0 Å². The molecule has 0 aliphatic carbocycles. The molecule has 0 spiro atoms. The molecular formula is C18H35OTi. The molecule has 0 heterocycles. The van der Waals surface area contributed by atoms with Crippen molar-refractivity contribution in [2.24, 2.45) is 0 Å². The molecule has 0 N–H and O–H groups in total. The van der Waals surface area contributed by atoms with E-state index < -0.39 is 0 Å². The molecule has 117 valence electrons. The van der Waals surface area contributed by atoms with Crippen molar-refractivity contribution in [2.75, 3.05) is 6.61 Å². The second-order valence-electron chi connectivity index (χ2n) is 5.79. The molecular weight excluding hydrogens is 280 g/mol. The average molecular weight is 315 g/mol. The molecule has 0 radical (unpaired) electrons. The predicted octanol–water partition coefficient (Wildman–Crippen LogP) is 6.50. The van der Waals surface area contributed by atoms with Gasteiger partial charge in [-0.15, -0.1) is 0 Å². The van der Waals surface area contributed by atoms with Crippen LogP contribution in [0.4, 0.5) is 0 Å². The van der Waals surface area contributed by atoms with Crippen LogP contribution in [0.1, 0.15) is 96.8 Å². The first kappa shape index (κ1) is 20.4.